The van der Waals surface area contributed by atoms with Crippen LogP contribution in [-0.4, -0.2) is 6.54 Å². The van der Waals surface area contributed by atoms with E-state index in [-0.39, 0.29) is 0 Å². The molecule has 10 heavy (non-hydrogen) atoms. The summed E-state index contributed by atoms with van der Waals surface area (Å²) in [5, 5.41) is 0. The van der Waals surface area contributed by atoms with Gasteiger partial charge in [-0.3, -0.25) is 0 Å². The van der Waals surface area contributed by atoms with Gasteiger partial charge in [-0.1, -0.05) is 6.58 Å². The fourth-order valence-corrected chi connectivity index (χ4v) is 1.97. The minimum Gasteiger partial charge on any atom is -0.326 e. The van der Waals surface area contributed by atoms with Crippen molar-refractivity contribution in [1.29, 1.82) is 0 Å². The van der Waals surface area contributed by atoms with Crippen molar-refractivity contribution in [3.63, 3.8) is 0 Å². The molecular weight excluding hydrogens is 210 g/mol. The summed E-state index contributed by atoms with van der Waals surface area (Å²) in [4.78, 5) is 1.16. The Kier molecular flexibility index (Phi) is 2.65. The largest absolute Gasteiger partial charge is 0.326 e. The first kappa shape index (κ1) is 7.98. The van der Waals surface area contributed by atoms with Crippen LogP contribution >= 0.6 is 27.3 Å². The van der Waals surface area contributed by atoms with E-state index >= 15 is 0 Å². The predicted octanol–water partition coefficient (Wildman–Crippen LogP) is 2.48. The summed E-state index contributed by atoms with van der Waals surface area (Å²) in [7, 11) is 0. The van der Waals surface area contributed by atoms with Gasteiger partial charge in [-0.15, -0.1) is 11.3 Å². The third-order valence-corrected chi connectivity index (χ3v) is 2.89. The van der Waals surface area contributed by atoms with Crippen molar-refractivity contribution >= 4 is 32.8 Å². The number of rotatable bonds is 2. The maximum absolute atomic E-state index is 5.41. The van der Waals surface area contributed by atoms with E-state index in [9.17, 15) is 0 Å². The van der Waals surface area contributed by atoms with Crippen molar-refractivity contribution in [2.24, 2.45) is 5.73 Å². The lowest BCUT2D eigenvalue weighted by Gasteiger charge is -1.94. The standard InChI is InChI=1S/C7H8BrNS/c1-5(4-9)6-2-3-7(8)10-6/h2-3H,1,4,9H2. The zero-order chi connectivity index (χ0) is 7.56. The van der Waals surface area contributed by atoms with Crippen LogP contribution in [0.3, 0.4) is 0 Å². The Hall–Kier alpha value is -0.120. The normalized spacial score (nSPS) is 9.80. The van der Waals surface area contributed by atoms with Crippen molar-refractivity contribution in [1.82, 2.24) is 0 Å². The molecule has 54 valence electrons. The molecule has 0 fully saturated rings. The molecule has 1 rings (SSSR count). The molecule has 0 saturated heterocycles. The molecule has 0 aliphatic heterocycles. The van der Waals surface area contributed by atoms with Crippen LogP contribution in [0.4, 0.5) is 0 Å². The Labute approximate surface area is 72.7 Å². The fraction of sp³-hybridized carbons (Fsp3) is 0.143. The maximum atomic E-state index is 5.41. The first-order valence-electron chi connectivity index (χ1n) is 2.87. The number of hydrogen-bond donors (Lipinski definition) is 1. The molecule has 1 heterocycles. The van der Waals surface area contributed by atoms with Gasteiger partial charge in [0.2, 0.25) is 0 Å². The van der Waals surface area contributed by atoms with Crippen molar-refractivity contribution in [3.8, 4) is 0 Å². The van der Waals surface area contributed by atoms with E-state index < -0.39 is 0 Å². The quantitative estimate of drug-likeness (QED) is 0.810. The van der Waals surface area contributed by atoms with E-state index in [2.05, 4.69) is 22.5 Å². The predicted molar refractivity (Wildman–Crippen MR) is 50.1 cm³/mol. The van der Waals surface area contributed by atoms with Crippen LogP contribution < -0.4 is 5.73 Å². The molecule has 0 unspecified atom stereocenters. The van der Waals surface area contributed by atoms with E-state index in [4.69, 9.17) is 5.73 Å². The van der Waals surface area contributed by atoms with Gasteiger partial charge < -0.3 is 5.73 Å². The van der Waals surface area contributed by atoms with Gasteiger partial charge in [0.15, 0.2) is 0 Å². The highest BCUT2D eigenvalue weighted by Crippen LogP contribution is 2.26. The number of nitrogens with two attached hydrogens (primary N) is 1. The second kappa shape index (κ2) is 3.32. The van der Waals surface area contributed by atoms with Crippen LogP contribution in [0.2, 0.25) is 0 Å². The molecule has 1 aromatic rings. The third kappa shape index (κ3) is 1.68. The monoisotopic (exact) mass is 217 g/mol. The zero-order valence-electron chi connectivity index (χ0n) is 5.43. The lowest BCUT2D eigenvalue weighted by Crippen LogP contribution is -1.98. The Bertz CT molecular complexity index is 242. The van der Waals surface area contributed by atoms with Gasteiger partial charge in [0.1, 0.15) is 0 Å². The zero-order valence-corrected chi connectivity index (χ0v) is 7.83. The second-order valence-electron chi connectivity index (χ2n) is 1.91. The summed E-state index contributed by atoms with van der Waals surface area (Å²) >= 11 is 5.02. The Morgan fingerprint density at radius 3 is 2.80 bits per heavy atom. The lowest BCUT2D eigenvalue weighted by atomic mass is 10.2. The molecule has 0 atom stereocenters. The summed E-state index contributed by atoms with van der Waals surface area (Å²) in [5.74, 6) is 0. The fourth-order valence-electron chi connectivity index (χ4n) is 0.605. The van der Waals surface area contributed by atoms with Gasteiger partial charge in [-0.25, -0.2) is 0 Å². The summed E-state index contributed by atoms with van der Waals surface area (Å²) in [6, 6.07) is 4.02. The molecule has 0 bridgehead atoms. The molecule has 0 amide bonds. The van der Waals surface area contributed by atoms with E-state index in [0.717, 1.165) is 14.2 Å². The van der Waals surface area contributed by atoms with Crippen molar-refractivity contribution in [2.75, 3.05) is 6.54 Å². The SMILES string of the molecule is C=C(CN)c1ccc(Br)s1. The maximum Gasteiger partial charge on any atom is 0.0704 e. The second-order valence-corrected chi connectivity index (χ2v) is 4.37. The molecule has 3 heteroatoms. The summed E-state index contributed by atoms with van der Waals surface area (Å²) in [6.07, 6.45) is 0. The van der Waals surface area contributed by atoms with Crippen LogP contribution in [0.15, 0.2) is 22.5 Å². The van der Waals surface area contributed by atoms with Gasteiger partial charge in [0.25, 0.3) is 0 Å². The summed E-state index contributed by atoms with van der Waals surface area (Å²) < 4.78 is 1.12. The smallest absolute Gasteiger partial charge is 0.0704 e. The summed E-state index contributed by atoms with van der Waals surface area (Å²) in [6.45, 7) is 4.36. The summed E-state index contributed by atoms with van der Waals surface area (Å²) in [5.41, 5.74) is 6.40. The van der Waals surface area contributed by atoms with E-state index in [0.29, 0.717) is 6.54 Å². The molecule has 0 saturated carbocycles. The highest BCUT2D eigenvalue weighted by Gasteiger charge is 1.98. The van der Waals surface area contributed by atoms with Gasteiger partial charge >= 0.3 is 0 Å². The molecule has 1 nitrogen and oxygen atoms in total. The van der Waals surface area contributed by atoms with Gasteiger partial charge in [-0.05, 0) is 33.6 Å². The van der Waals surface area contributed by atoms with Crippen LogP contribution in [0.1, 0.15) is 4.88 Å². The van der Waals surface area contributed by atoms with Crippen LogP contribution in [0.25, 0.3) is 5.57 Å². The molecule has 1 aromatic heterocycles. The molecule has 0 aromatic carbocycles. The van der Waals surface area contributed by atoms with E-state index in [1.165, 1.54) is 0 Å². The topological polar surface area (TPSA) is 26.0 Å². The highest BCUT2D eigenvalue weighted by molar-refractivity contribution is 9.11. The first-order chi connectivity index (χ1) is 4.74. The average molecular weight is 218 g/mol. The Morgan fingerprint density at radius 1 is 1.70 bits per heavy atom. The minimum absolute atomic E-state index is 0.535. The highest BCUT2D eigenvalue weighted by atomic mass is 79.9. The molecule has 0 aliphatic rings. The van der Waals surface area contributed by atoms with E-state index in [1.807, 2.05) is 12.1 Å². The number of halogens is 1. The van der Waals surface area contributed by atoms with Crippen molar-refractivity contribution in [3.05, 3.63) is 27.4 Å². The van der Waals surface area contributed by atoms with Gasteiger partial charge in [0.05, 0.1) is 3.79 Å². The molecule has 0 spiro atoms. The molecule has 0 aliphatic carbocycles. The first-order valence-corrected chi connectivity index (χ1v) is 4.48. The third-order valence-electron chi connectivity index (χ3n) is 1.17. The van der Waals surface area contributed by atoms with Gasteiger partial charge in [0, 0.05) is 11.4 Å². The van der Waals surface area contributed by atoms with Crippen molar-refractivity contribution < 1.29 is 0 Å². The number of thiophene rings is 1. The molecular formula is C7H8BrNS. The van der Waals surface area contributed by atoms with Crippen LogP contribution in [0, 0.1) is 0 Å². The lowest BCUT2D eigenvalue weighted by molar-refractivity contribution is 1.28. The van der Waals surface area contributed by atoms with Crippen LogP contribution in [0.5, 0.6) is 0 Å². The van der Waals surface area contributed by atoms with Gasteiger partial charge in [-0.2, -0.15) is 0 Å². The Balaban J connectivity index is 2.85. The van der Waals surface area contributed by atoms with Crippen LogP contribution in [-0.2, 0) is 0 Å². The van der Waals surface area contributed by atoms with E-state index in [1.54, 1.807) is 11.3 Å². The Morgan fingerprint density at radius 2 is 2.40 bits per heavy atom. The average Bonchev–Trinajstić information content (AvgIpc) is 2.34. The minimum atomic E-state index is 0.535. The number of hydrogen-bond acceptors (Lipinski definition) is 2. The molecule has 0 radical (unpaired) electrons. The molecule has 2 N–H and O–H groups in total. The van der Waals surface area contributed by atoms with Crippen molar-refractivity contribution in [2.45, 2.75) is 0 Å².